The van der Waals surface area contributed by atoms with Crippen molar-refractivity contribution in [3.05, 3.63) is 70.8 Å². The van der Waals surface area contributed by atoms with E-state index in [1.165, 1.54) is 25.7 Å². The number of carbonyl (C=O) groups is 2. The maximum atomic E-state index is 13.1. The summed E-state index contributed by atoms with van der Waals surface area (Å²) in [5.74, 6) is 0.208. The highest BCUT2D eigenvalue weighted by Crippen LogP contribution is 2.62. The largest absolute Gasteiger partial charge is 0.455 e. The van der Waals surface area contributed by atoms with Crippen LogP contribution in [0.4, 0.5) is 0 Å². The van der Waals surface area contributed by atoms with Crippen LogP contribution in [0.25, 0.3) is 0 Å². The zero-order valence-electron chi connectivity index (χ0n) is 19.0. The first-order valence-corrected chi connectivity index (χ1v) is 12.0. The molecule has 3 aliphatic carbocycles. The molecule has 5 atom stereocenters. The Morgan fingerprint density at radius 1 is 0.844 bits per heavy atom. The number of benzene rings is 2. The molecule has 0 radical (unpaired) electrons. The lowest BCUT2D eigenvalue weighted by Gasteiger charge is -2.50. The van der Waals surface area contributed by atoms with Gasteiger partial charge >= 0.3 is 11.9 Å². The van der Waals surface area contributed by atoms with Gasteiger partial charge < -0.3 is 9.47 Å². The highest BCUT2D eigenvalue weighted by molar-refractivity contribution is 5.90. The maximum Gasteiger partial charge on any atom is 0.338 e. The monoisotopic (exact) mass is 432 g/mol. The molecule has 5 rings (SSSR count). The van der Waals surface area contributed by atoms with Gasteiger partial charge in [-0.05, 0) is 81.5 Å². The third kappa shape index (κ3) is 3.85. The van der Waals surface area contributed by atoms with Crippen molar-refractivity contribution in [1.29, 1.82) is 0 Å². The predicted octanol–water partition coefficient (Wildman–Crippen LogP) is 6.04. The molecule has 4 nitrogen and oxygen atoms in total. The number of carbonyl (C=O) groups excluding carboxylic acids is 2. The molecule has 0 N–H and O–H groups in total. The smallest absolute Gasteiger partial charge is 0.338 e. The summed E-state index contributed by atoms with van der Waals surface area (Å²) in [6.07, 6.45) is 7.12. The van der Waals surface area contributed by atoms with Gasteiger partial charge in [0.25, 0.3) is 0 Å². The molecule has 2 aromatic carbocycles. The van der Waals surface area contributed by atoms with E-state index in [0.717, 1.165) is 30.4 Å². The second kappa shape index (κ2) is 8.38. The summed E-state index contributed by atoms with van der Waals surface area (Å²) < 4.78 is 12.3. The fourth-order valence-corrected chi connectivity index (χ4v) is 6.72. The van der Waals surface area contributed by atoms with Crippen molar-refractivity contribution in [2.75, 3.05) is 0 Å². The van der Waals surface area contributed by atoms with Crippen molar-refractivity contribution in [2.45, 2.75) is 71.0 Å². The molecule has 3 aliphatic rings. The van der Waals surface area contributed by atoms with Crippen LogP contribution in [-0.2, 0) is 9.47 Å². The third-order valence-electron chi connectivity index (χ3n) is 8.12. The number of esters is 2. The van der Waals surface area contributed by atoms with Gasteiger partial charge in [-0.15, -0.1) is 0 Å². The summed E-state index contributed by atoms with van der Waals surface area (Å²) in [5.41, 5.74) is 3.41. The van der Waals surface area contributed by atoms with Crippen LogP contribution in [0.3, 0.4) is 0 Å². The first kappa shape index (κ1) is 21.2. The van der Waals surface area contributed by atoms with Crippen molar-refractivity contribution < 1.29 is 19.1 Å². The van der Waals surface area contributed by atoms with Crippen LogP contribution >= 0.6 is 0 Å². The normalized spacial score (nSPS) is 30.9. The quantitative estimate of drug-likeness (QED) is 0.552. The van der Waals surface area contributed by atoms with Crippen LogP contribution in [0.15, 0.2) is 48.5 Å². The SMILES string of the molecule is Cc1cccc(C(=O)OC2CC34CCCCC3C(CC4)C2OC(=O)c2cccc(C)c2)c1. The van der Waals surface area contributed by atoms with Crippen molar-refractivity contribution >= 4 is 11.9 Å². The van der Waals surface area contributed by atoms with E-state index in [9.17, 15) is 9.59 Å². The lowest BCUT2D eigenvalue weighted by Crippen LogP contribution is -2.52. The molecule has 3 fully saturated rings. The molecule has 2 bridgehead atoms. The number of aryl methyl sites for hydroxylation is 2. The first-order chi connectivity index (χ1) is 15.4. The Bertz CT molecular complexity index is 1030. The summed E-state index contributed by atoms with van der Waals surface area (Å²) in [5, 5.41) is 0. The number of rotatable bonds is 4. The molecule has 5 unspecified atom stereocenters. The molecule has 0 aromatic heterocycles. The van der Waals surface area contributed by atoms with Gasteiger partial charge in [-0.25, -0.2) is 9.59 Å². The summed E-state index contributed by atoms with van der Waals surface area (Å²) in [7, 11) is 0. The standard InChI is InChI=1S/C28H32O4/c1-18-7-5-9-20(15-18)26(29)31-24-17-28-13-4-3-11-23(28)22(12-14-28)25(24)32-27(30)21-10-6-8-19(2)16-21/h5-10,15-16,22-25H,3-4,11-14,17H2,1-2H3. The van der Waals surface area contributed by atoms with Crippen molar-refractivity contribution in [3.63, 3.8) is 0 Å². The van der Waals surface area contributed by atoms with Gasteiger partial charge in [0, 0.05) is 5.92 Å². The zero-order valence-corrected chi connectivity index (χ0v) is 19.0. The van der Waals surface area contributed by atoms with E-state index in [1.807, 2.05) is 50.2 Å². The van der Waals surface area contributed by atoms with E-state index in [-0.39, 0.29) is 29.4 Å². The Morgan fingerprint density at radius 3 is 2.16 bits per heavy atom. The summed E-state index contributed by atoms with van der Waals surface area (Å²) in [4.78, 5) is 26.1. The zero-order chi connectivity index (χ0) is 22.3. The van der Waals surface area contributed by atoms with Crippen molar-refractivity contribution in [1.82, 2.24) is 0 Å². The van der Waals surface area contributed by atoms with Gasteiger partial charge in [-0.3, -0.25) is 0 Å². The van der Waals surface area contributed by atoms with Gasteiger partial charge in [-0.1, -0.05) is 48.2 Å². The van der Waals surface area contributed by atoms with E-state index in [1.54, 1.807) is 12.1 Å². The molecule has 3 saturated carbocycles. The fourth-order valence-electron chi connectivity index (χ4n) is 6.72. The number of hydrogen-bond donors (Lipinski definition) is 0. The molecular formula is C28H32O4. The van der Waals surface area contributed by atoms with Crippen LogP contribution in [0.2, 0.25) is 0 Å². The minimum Gasteiger partial charge on any atom is -0.455 e. The molecule has 0 spiro atoms. The Morgan fingerprint density at radius 2 is 1.50 bits per heavy atom. The molecule has 32 heavy (non-hydrogen) atoms. The highest BCUT2D eigenvalue weighted by Gasteiger charge is 2.60. The second-order valence-corrected chi connectivity index (χ2v) is 10.2. The highest BCUT2D eigenvalue weighted by atomic mass is 16.6. The van der Waals surface area contributed by atoms with Crippen molar-refractivity contribution in [3.8, 4) is 0 Å². The average Bonchev–Trinajstić information content (AvgIpc) is 3.09. The number of hydrogen-bond acceptors (Lipinski definition) is 4. The summed E-state index contributed by atoms with van der Waals surface area (Å²) in [6, 6.07) is 15.0. The molecule has 4 heteroatoms. The Balaban J connectivity index is 1.42. The van der Waals surface area contributed by atoms with Gasteiger partial charge in [0.05, 0.1) is 11.1 Å². The van der Waals surface area contributed by atoms with Gasteiger partial charge in [-0.2, -0.15) is 0 Å². The molecule has 168 valence electrons. The predicted molar refractivity (Wildman–Crippen MR) is 122 cm³/mol. The molecule has 0 heterocycles. The van der Waals surface area contributed by atoms with Crippen LogP contribution in [0.5, 0.6) is 0 Å². The molecule has 0 aliphatic heterocycles. The molecule has 0 amide bonds. The van der Waals surface area contributed by atoms with Crippen molar-refractivity contribution in [2.24, 2.45) is 17.3 Å². The van der Waals surface area contributed by atoms with Gasteiger partial charge in [0.15, 0.2) is 0 Å². The minimum absolute atomic E-state index is 0.243. The van der Waals surface area contributed by atoms with Crippen LogP contribution < -0.4 is 0 Å². The third-order valence-corrected chi connectivity index (χ3v) is 8.12. The van der Waals surface area contributed by atoms with E-state index < -0.39 is 6.10 Å². The van der Waals surface area contributed by atoms with Crippen LogP contribution in [0, 0.1) is 31.1 Å². The fraction of sp³-hybridized carbons (Fsp3) is 0.500. The lowest BCUT2D eigenvalue weighted by molar-refractivity contribution is -0.118. The maximum absolute atomic E-state index is 13.1. The Hall–Kier alpha value is -2.62. The second-order valence-electron chi connectivity index (χ2n) is 10.2. The van der Waals surface area contributed by atoms with E-state index >= 15 is 0 Å². The first-order valence-electron chi connectivity index (χ1n) is 12.0. The van der Waals surface area contributed by atoms with E-state index in [2.05, 4.69) is 0 Å². The minimum atomic E-state index is -0.390. The van der Waals surface area contributed by atoms with E-state index in [0.29, 0.717) is 17.0 Å². The van der Waals surface area contributed by atoms with Gasteiger partial charge in [0.1, 0.15) is 12.2 Å². The molecule has 0 saturated heterocycles. The van der Waals surface area contributed by atoms with Gasteiger partial charge in [0.2, 0.25) is 0 Å². The number of ether oxygens (including phenoxy) is 2. The van der Waals surface area contributed by atoms with E-state index in [4.69, 9.17) is 9.47 Å². The average molecular weight is 433 g/mol. The summed E-state index contributed by atoms with van der Waals surface area (Å²) >= 11 is 0. The Kier molecular flexibility index (Phi) is 5.56. The Labute approximate surface area is 190 Å². The lowest BCUT2D eigenvalue weighted by atomic mass is 9.59. The molecular weight excluding hydrogens is 400 g/mol. The molecule has 2 aromatic rings. The summed E-state index contributed by atoms with van der Waals surface area (Å²) in [6.45, 7) is 3.94. The van der Waals surface area contributed by atoms with Crippen LogP contribution in [-0.4, -0.2) is 24.1 Å². The topological polar surface area (TPSA) is 52.6 Å². The van der Waals surface area contributed by atoms with Crippen LogP contribution in [0.1, 0.15) is 76.8 Å².